The molecule has 2 aromatic rings. The van der Waals surface area contributed by atoms with Crippen molar-refractivity contribution in [2.24, 2.45) is 0 Å². The van der Waals surface area contributed by atoms with Crippen LogP contribution < -0.4 is 4.72 Å². The van der Waals surface area contributed by atoms with Crippen molar-refractivity contribution < 1.29 is 12.8 Å². The Hall–Kier alpha value is -2.39. The molecule has 0 aliphatic carbocycles. The van der Waals surface area contributed by atoms with Crippen molar-refractivity contribution >= 4 is 15.7 Å². The SMILES string of the molecule is Cc1ccc(NS(=O)(=O)c2ccc(F)c(C#N)c2)c(C)c1. The van der Waals surface area contributed by atoms with Crippen LogP contribution in [-0.4, -0.2) is 8.42 Å². The average molecular weight is 304 g/mol. The van der Waals surface area contributed by atoms with Crippen LogP contribution in [0.1, 0.15) is 16.7 Å². The van der Waals surface area contributed by atoms with Crippen LogP contribution in [0.5, 0.6) is 0 Å². The summed E-state index contributed by atoms with van der Waals surface area (Å²) in [6.45, 7) is 3.70. The lowest BCUT2D eigenvalue weighted by molar-refractivity contribution is 0.599. The molecule has 2 rings (SSSR count). The van der Waals surface area contributed by atoms with Crippen molar-refractivity contribution in [2.75, 3.05) is 4.72 Å². The van der Waals surface area contributed by atoms with E-state index in [4.69, 9.17) is 5.26 Å². The Labute approximate surface area is 122 Å². The Morgan fingerprint density at radius 2 is 1.86 bits per heavy atom. The van der Waals surface area contributed by atoms with E-state index in [-0.39, 0.29) is 10.5 Å². The quantitative estimate of drug-likeness (QED) is 0.947. The number of hydrogen-bond acceptors (Lipinski definition) is 3. The first-order valence-electron chi connectivity index (χ1n) is 6.13. The van der Waals surface area contributed by atoms with E-state index in [1.807, 2.05) is 13.0 Å². The Bertz CT molecular complexity index is 839. The van der Waals surface area contributed by atoms with Crippen molar-refractivity contribution in [3.63, 3.8) is 0 Å². The number of sulfonamides is 1. The van der Waals surface area contributed by atoms with Crippen molar-refractivity contribution in [3.8, 4) is 6.07 Å². The van der Waals surface area contributed by atoms with Gasteiger partial charge in [0.2, 0.25) is 0 Å². The molecule has 6 heteroatoms. The topological polar surface area (TPSA) is 70.0 Å². The first-order chi connectivity index (χ1) is 9.83. The first kappa shape index (κ1) is 15.0. The van der Waals surface area contributed by atoms with Crippen LogP contribution in [0.4, 0.5) is 10.1 Å². The number of hydrogen-bond donors (Lipinski definition) is 1. The van der Waals surface area contributed by atoms with Crippen molar-refractivity contribution in [1.29, 1.82) is 5.26 Å². The molecule has 2 aromatic carbocycles. The van der Waals surface area contributed by atoms with Gasteiger partial charge in [0.1, 0.15) is 11.9 Å². The second-order valence-electron chi connectivity index (χ2n) is 4.68. The average Bonchev–Trinajstić information content (AvgIpc) is 2.42. The van der Waals surface area contributed by atoms with Gasteiger partial charge in [-0.2, -0.15) is 5.26 Å². The molecule has 0 atom stereocenters. The molecule has 21 heavy (non-hydrogen) atoms. The molecule has 0 bridgehead atoms. The third-order valence-electron chi connectivity index (χ3n) is 2.99. The summed E-state index contributed by atoms with van der Waals surface area (Å²) in [4.78, 5) is -0.152. The minimum absolute atomic E-state index is 0.152. The number of rotatable bonds is 3. The number of nitriles is 1. The molecule has 0 spiro atoms. The Morgan fingerprint density at radius 1 is 1.14 bits per heavy atom. The summed E-state index contributed by atoms with van der Waals surface area (Å²) in [5.41, 5.74) is 1.94. The van der Waals surface area contributed by atoms with E-state index in [9.17, 15) is 12.8 Å². The number of anilines is 1. The minimum Gasteiger partial charge on any atom is -0.279 e. The van der Waals surface area contributed by atoms with Gasteiger partial charge in [0, 0.05) is 0 Å². The zero-order valence-corrected chi connectivity index (χ0v) is 12.3. The second kappa shape index (κ2) is 5.54. The molecule has 4 nitrogen and oxygen atoms in total. The van der Waals surface area contributed by atoms with Crippen LogP contribution in [0, 0.1) is 31.0 Å². The van der Waals surface area contributed by atoms with Crippen molar-refractivity contribution in [3.05, 3.63) is 58.9 Å². The van der Waals surface area contributed by atoms with E-state index in [1.165, 1.54) is 0 Å². The lowest BCUT2D eigenvalue weighted by Crippen LogP contribution is -2.14. The molecule has 0 unspecified atom stereocenters. The number of nitrogens with zero attached hydrogens (tertiary/aromatic N) is 1. The summed E-state index contributed by atoms with van der Waals surface area (Å²) < 4.78 is 40.2. The smallest absolute Gasteiger partial charge is 0.261 e. The van der Waals surface area contributed by atoms with Gasteiger partial charge < -0.3 is 0 Å². The molecule has 1 N–H and O–H groups in total. The van der Waals surface area contributed by atoms with Gasteiger partial charge in [-0.1, -0.05) is 17.7 Å². The summed E-state index contributed by atoms with van der Waals surface area (Å²) in [7, 11) is -3.87. The van der Waals surface area contributed by atoms with E-state index in [0.29, 0.717) is 5.69 Å². The molecule has 0 radical (unpaired) electrons. The van der Waals surface area contributed by atoms with Gasteiger partial charge in [0.15, 0.2) is 0 Å². The maximum atomic E-state index is 13.3. The highest BCUT2D eigenvalue weighted by Crippen LogP contribution is 2.22. The number of benzene rings is 2. The van der Waals surface area contributed by atoms with Gasteiger partial charge in [0.05, 0.1) is 16.1 Å². The Morgan fingerprint density at radius 3 is 2.48 bits per heavy atom. The Balaban J connectivity index is 2.41. The molecular weight excluding hydrogens is 291 g/mol. The van der Waals surface area contributed by atoms with Gasteiger partial charge >= 0.3 is 0 Å². The minimum atomic E-state index is -3.87. The van der Waals surface area contributed by atoms with Gasteiger partial charge in [-0.05, 0) is 43.7 Å². The van der Waals surface area contributed by atoms with Crippen molar-refractivity contribution in [2.45, 2.75) is 18.7 Å². The molecule has 0 amide bonds. The maximum absolute atomic E-state index is 13.3. The summed E-state index contributed by atoms with van der Waals surface area (Å²) in [6.07, 6.45) is 0. The molecule has 0 aliphatic rings. The number of aryl methyl sites for hydroxylation is 2. The predicted molar refractivity (Wildman–Crippen MR) is 77.8 cm³/mol. The second-order valence-corrected chi connectivity index (χ2v) is 6.36. The third kappa shape index (κ3) is 3.20. The molecule has 0 aliphatic heterocycles. The van der Waals surface area contributed by atoms with E-state index in [1.54, 1.807) is 25.1 Å². The zero-order chi connectivity index (χ0) is 15.6. The highest BCUT2D eigenvalue weighted by atomic mass is 32.2. The fourth-order valence-electron chi connectivity index (χ4n) is 1.89. The fraction of sp³-hybridized carbons (Fsp3) is 0.133. The van der Waals surface area contributed by atoms with Gasteiger partial charge in [-0.3, -0.25) is 4.72 Å². The van der Waals surface area contributed by atoms with Crippen LogP contribution in [0.15, 0.2) is 41.3 Å². The van der Waals surface area contributed by atoms with E-state index >= 15 is 0 Å². The van der Waals surface area contributed by atoms with E-state index < -0.39 is 15.8 Å². The molecule has 0 aromatic heterocycles. The molecule has 0 saturated heterocycles. The molecule has 0 fully saturated rings. The highest BCUT2D eigenvalue weighted by Gasteiger charge is 2.17. The van der Waals surface area contributed by atoms with Crippen LogP contribution in [0.2, 0.25) is 0 Å². The van der Waals surface area contributed by atoms with E-state index in [2.05, 4.69) is 4.72 Å². The van der Waals surface area contributed by atoms with Gasteiger partial charge in [-0.15, -0.1) is 0 Å². The van der Waals surface area contributed by atoms with Crippen LogP contribution in [-0.2, 0) is 10.0 Å². The number of halogens is 1. The third-order valence-corrected chi connectivity index (χ3v) is 4.36. The summed E-state index contributed by atoms with van der Waals surface area (Å²) in [6, 6.07) is 10.0. The standard InChI is InChI=1S/C15H13FN2O2S/c1-10-3-6-15(11(2)7-10)18-21(19,20)13-4-5-14(16)12(8-13)9-17/h3-8,18H,1-2H3. The van der Waals surface area contributed by atoms with E-state index in [0.717, 1.165) is 29.3 Å². The lowest BCUT2D eigenvalue weighted by atomic mass is 10.1. The lowest BCUT2D eigenvalue weighted by Gasteiger charge is -2.11. The van der Waals surface area contributed by atoms with Gasteiger partial charge in [-0.25, -0.2) is 12.8 Å². The predicted octanol–water partition coefficient (Wildman–Crippen LogP) is 3.12. The molecular formula is C15H13FN2O2S. The Kier molecular flexibility index (Phi) is 3.96. The van der Waals surface area contributed by atoms with Crippen molar-refractivity contribution in [1.82, 2.24) is 0 Å². The summed E-state index contributed by atoms with van der Waals surface area (Å²) >= 11 is 0. The maximum Gasteiger partial charge on any atom is 0.261 e. The zero-order valence-electron chi connectivity index (χ0n) is 11.5. The van der Waals surface area contributed by atoms with Gasteiger partial charge in [0.25, 0.3) is 10.0 Å². The number of nitrogens with one attached hydrogen (secondary N) is 1. The van der Waals surface area contributed by atoms with Crippen LogP contribution in [0.25, 0.3) is 0 Å². The molecule has 0 saturated carbocycles. The summed E-state index contributed by atoms with van der Waals surface area (Å²) in [5.74, 6) is -0.747. The van der Waals surface area contributed by atoms with Crippen LogP contribution in [0.3, 0.4) is 0 Å². The van der Waals surface area contributed by atoms with Crippen LogP contribution >= 0.6 is 0 Å². The summed E-state index contributed by atoms with van der Waals surface area (Å²) in [5, 5.41) is 8.77. The fourth-order valence-corrected chi connectivity index (χ4v) is 3.05. The normalized spacial score (nSPS) is 11.0. The molecule has 108 valence electrons. The highest BCUT2D eigenvalue weighted by molar-refractivity contribution is 7.92. The monoisotopic (exact) mass is 304 g/mol. The molecule has 0 heterocycles. The largest absolute Gasteiger partial charge is 0.279 e. The first-order valence-corrected chi connectivity index (χ1v) is 7.61.